The van der Waals surface area contributed by atoms with Crippen LogP contribution in [0.4, 0.5) is 11.4 Å². The standard InChI is InChI=1S/C28H27N3O3/c1-17-9-4-7-14-23(17)29-24-15-19(3)31(26-18(2)10-8-13-22(24)26)25(32)16-30-27(33)20-11-5-6-12-21(20)28(30)34/h4-14,19,24,29H,15-16H2,1-3H3/t19-,24-/m1/s1. The number of rotatable bonds is 4. The summed E-state index contributed by atoms with van der Waals surface area (Å²) in [6.45, 7) is 5.80. The lowest BCUT2D eigenvalue weighted by molar-refractivity contribution is -0.119. The van der Waals surface area contributed by atoms with E-state index in [4.69, 9.17) is 0 Å². The molecule has 172 valence electrons. The van der Waals surface area contributed by atoms with E-state index in [0.717, 1.165) is 33.0 Å². The van der Waals surface area contributed by atoms with Gasteiger partial charge in [-0.3, -0.25) is 19.3 Å². The van der Waals surface area contributed by atoms with Gasteiger partial charge in [0, 0.05) is 11.7 Å². The summed E-state index contributed by atoms with van der Waals surface area (Å²) in [6, 6.07) is 20.8. The van der Waals surface area contributed by atoms with Gasteiger partial charge in [-0.15, -0.1) is 0 Å². The molecule has 0 fully saturated rings. The number of fused-ring (bicyclic) bond motifs is 2. The minimum atomic E-state index is -0.414. The maximum Gasteiger partial charge on any atom is 0.262 e. The van der Waals surface area contributed by atoms with Crippen LogP contribution in [0.3, 0.4) is 0 Å². The first-order chi connectivity index (χ1) is 16.4. The number of carbonyl (C=O) groups is 3. The predicted octanol–water partition coefficient (Wildman–Crippen LogP) is 4.88. The minimum Gasteiger partial charge on any atom is -0.378 e. The molecule has 6 heteroatoms. The largest absolute Gasteiger partial charge is 0.378 e. The number of aryl methyl sites for hydroxylation is 2. The molecular formula is C28H27N3O3. The summed E-state index contributed by atoms with van der Waals surface area (Å²) in [5.41, 5.74) is 5.81. The van der Waals surface area contributed by atoms with Crippen LogP contribution in [0.25, 0.3) is 0 Å². The number of hydrogen-bond donors (Lipinski definition) is 1. The molecule has 3 aromatic carbocycles. The topological polar surface area (TPSA) is 69.7 Å². The molecule has 0 aromatic heterocycles. The lowest BCUT2D eigenvalue weighted by Crippen LogP contribution is -2.49. The zero-order valence-corrected chi connectivity index (χ0v) is 19.5. The summed E-state index contributed by atoms with van der Waals surface area (Å²) in [5.74, 6) is -1.09. The van der Waals surface area contributed by atoms with Gasteiger partial charge in [0.1, 0.15) is 6.54 Å². The van der Waals surface area contributed by atoms with Crippen molar-refractivity contribution in [2.45, 2.75) is 39.3 Å². The molecule has 0 aliphatic carbocycles. The second-order valence-corrected chi connectivity index (χ2v) is 9.12. The summed E-state index contributed by atoms with van der Waals surface area (Å²) in [5, 5.41) is 3.66. The molecule has 0 spiro atoms. The Balaban J connectivity index is 1.45. The Hall–Kier alpha value is -3.93. The fourth-order valence-corrected chi connectivity index (χ4v) is 5.11. The Labute approximate surface area is 199 Å². The molecule has 0 saturated carbocycles. The molecule has 5 rings (SSSR count). The van der Waals surface area contributed by atoms with E-state index < -0.39 is 11.8 Å². The van der Waals surface area contributed by atoms with E-state index in [-0.39, 0.29) is 24.5 Å². The second-order valence-electron chi connectivity index (χ2n) is 9.12. The molecule has 0 saturated heterocycles. The molecule has 0 bridgehead atoms. The van der Waals surface area contributed by atoms with Gasteiger partial charge < -0.3 is 10.2 Å². The van der Waals surface area contributed by atoms with Crippen molar-refractivity contribution in [1.82, 2.24) is 4.90 Å². The van der Waals surface area contributed by atoms with E-state index in [1.165, 1.54) is 0 Å². The van der Waals surface area contributed by atoms with Gasteiger partial charge in [0.25, 0.3) is 11.8 Å². The number of para-hydroxylation sites is 2. The van der Waals surface area contributed by atoms with Crippen molar-refractivity contribution in [2.24, 2.45) is 0 Å². The molecule has 2 atom stereocenters. The van der Waals surface area contributed by atoms with Crippen molar-refractivity contribution in [2.75, 3.05) is 16.8 Å². The Morgan fingerprint density at radius 2 is 1.50 bits per heavy atom. The summed E-state index contributed by atoms with van der Waals surface area (Å²) >= 11 is 0. The number of imide groups is 1. The third-order valence-electron chi connectivity index (χ3n) is 6.82. The van der Waals surface area contributed by atoms with Crippen LogP contribution in [0, 0.1) is 13.8 Å². The lowest BCUT2D eigenvalue weighted by Gasteiger charge is -2.41. The van der Waals surface area contributed by atoms with E-state index in [0.29, 0.717) is 17.5 Å². The van der Waals surface area contributed by atoms with Crippen LogP contribution in [0.2, 0.25) is 0 Å². The van der Waals surface area contributed by atoms with E-state index >= 15 is 0 Å². The first-order valence-corrected chi connectivity index (χ1v) is 11.6. The number of amides is 3. The maximum absolute atomic E-state index is 13.6. The third kappa shape index (κ3) is 3.55. The van der Waals surface area contributed by atoms with Crippen LogP contribution in [0.5, 0.6) is 0 Å². The summed E-state index contributed by atoms with van der Waals surface area (Å²) in [7, 11) is 0. The SMILES string of the molecule is Cc1ccccc1N[C@@H]1C[C@@H](C)N(C(=O)CN2C(=O)c3ccccc3C2=O)c2c(C)cccc21. The van der Waals surface area contributed by atoms with Gasteiger partial charge in [0.2, 0.25) is 5.91 Å². The van der Waals surface area contributed by atoms with Gasteiger partial charge in [-0.2, -0.15) is 0 Å². The Kier molecular flexibility index (Phi) is 5.44. The molecule has 3 aromatic rings. The maximum atomic E-state index is 13.6. The van der Waals surface area contributed by atoms with Crippen LogP contribution in [0.15, 0.2) is 66.7 Å². The third-order valence-corrected chi connectivity index (χ3v) is 6.82. The van der Waals surface area contributed by atoms with E-state index in [9.17, 15) is 14.4 Å². The highest BCUT2D eigenvalue weighted by Crippen LogP contribution is 2.41. The van der Waals surface area contributed by atoms with Crippen molar-refractivity contribution < 1.29 is 14.4 Å². The van der Waals surface area contributed by atoms with Crippen LogP contribution in [-0.2, 0) is 4.79 Å². The number of hydrogen-bond acceptors (Lipinski definition) is 4. The molecule has 1 N–H and O–H groups in total. The highest BCUT2D eigenvalue weighted by molar-refractivity contribution is 6.22. The van der Waals surface area contributed by atoms with E-state index in [2.05, 4.69) is 24.4 Å². The zero-order chi connectivity index (χ0) is 24.0. The summed E-state index contributed by atoms with van der Waals surface area (Å²) < 4.78 is 0. The van der Waals surface area contributed by atoms with Crippen LogP contribution in [-0.4, -0.2) is 35.2 Å². The number of carbonyl (C=O) groups excluding carboxylic acids is 3. The van der Waals surface area contributed by atoms with Gasteiger partial charge in [-0.05, 0) is 62.1 Å². The van der Waals surface area contributed by atoms with Crippen molar-refractivity contribution in [1.29, 1.82) is 0 Å². The van der Waals surface area contributed by atoms with E-state index in [1.807, 2.05) is 44.2 Å². The molecule has 34 heavy (non-hydrogen) atoms. The number of benzene rings is 3. The number of anilines is 2. The van der Waals surface area contributed by atoms with Crippen LogP contribution in [0.1, 0.15) is 56.8 Å². The van der Waals surface area contributed by atoms with Gasteiger partial charge in [-0.1, -0.05) is 48.5 Å². The highest BCUT2D eigenvalue weighted by atomic mass is 16.2. The molecule has 3 amide bonds. The normalized spacial score (nSPS) is 19.1. The molecule has 0 unspecified atom stereocenters. The Morgan fingerprint density at radius 3 is 2.18 bits per heavy atom. The summed E-state index contributed by atoms with van der Waals surface area (Å²) in [4.78, 5) is 42.1. The van der Waals surface area contributed by atoms with E-state index in [1.54, 1.807) is 29.2 Å². The first-order valence-electron chi connectivity index (χ1n) is 11.6. The molecule has 2 aliphatic heterocycles. The Bertz CT molecular complexity index is 1280. The van der Waals surface area contributed by atoms with Crippen molar-refractivity contribution >= 4 is 29.1 Å². The zero-order valence-electron chi connectivity index (χ0n) is 19.5. The predicted molar refractivity (Wildman–Crippen MR) is 132 cm³/mol. The van der Waals surface area contributed by atoms with Crippen LogP contribution < -0.4 is 10.2 Å². The van der Waals surface area contributed by atoms with Crippen molar-refractivity contribution in [3.63, 3.8) is 0 Å². The monoisotopic (exact) mass is 453 g/mol. The quantitative estimate of drug-likeness (QED) is 0.572. The second kappa shape index (κ2) is 8.45. The minimum absolute atomic E-state index is 0.0364. The lowest BCUT2D eigenvalue weighted by atomic mass is 9.89. The smallest absolute Gasteiger partial charge is 0.262 e. The average Bonchev–Trinajstić information content (AvgIpc) is 3.06. The Morgan fingerprint density at radius 1 is 0.882 bits per heavy atom. The first kappa shape index (κ1) is 21.9. The number of nitrogens with zero attached hydrogens (tertiary/aromatic N) is 2. The highest BCUT2D eigenvalue weighted by Gasteiger charge is 2.40. The summed E-state index contributed by atoms with van der Waals surface area (Å²) in [6.07, 6.45) is 0.707. The molecular weight excluding hydrogens is 426 g/mol. The van der Waals surface area contributed by atoms with Crippen molar-refractivity contribution in [3.8, 4) is 0 Å². The molecule has 6 nitrogen and oxygen atoms in total. The van der Waals surface area contributed by atoms with Gasteiger partial charge in [0.15, 0.2) is 0 Å². The van der Waals surface area contributed by atoms with Gasteiger partial charge >= 0.3 is 0 Å². The fraction of sp³-hybridized carbons (Fsp3) is 0.250. The molecule has 2 aliphatic rings. The van der Waals surface area contributed by atoms with Crippen molar-refractivity contribution in [3.05, 3.63) is 94.5 Å². The fourth-order valence-electron chi connectivity index (χ4n) is 5.11. The van der Waals surface area contributed by atoms with Gasteiger partial charge in [0.05, 0.1) is 22.9 Å². The molecule has 0 radical (unpaired) electrons. The van der Waals surface area contributed by atoms with Crippen LogP contribution >= 0.6 is 0 Å². The molecule has 2 heterocycles. The average molecular weight is 454 g/mol. The van der Waals surface area contributed by atoms with Gasteiger partial charge in [-0.25, -0.2) is 0 Å². The number of nitrogens with one attached hydrogen (secondary N) is 1.